The molecule has 96 valence electrons. The minimum atomic E-state index is -0.237. The molecular weight excluding hydrogens is 272 g/mol. The molecule has 0 saturated carbocycles. The summed E-state index contributed by atoms with van der Waals surface area (Å²) in [4.78, 5) is 0.943. The highest BCUT2D eigenvalue weighted by Crippen LogP contribution is 2.34. The molecule has 0 aliphatic rings. The minimum Gasteiger partial charge on any atom is -0.496 e. The highest BCUT2D eigenvalue weighted by atomic mass is 35.5. The van der Waals surface area contributed by atoms with E-state index in [4.69, 9.17) is 22.2 Å². The maximum absolute atomic E-state index is 6.02. The van der Waals surface area contributed by atoms with E-state index < -0.39 is 0 Å². The number of hydrogen-bond acceptors (Lipinski definition) is 6. The molecule has 0 spiro atoms. The number of hydrazine groups is 1. The molecule has 0 saturated heterocycles. The third-order valence-electron chi connectivity index (χ3n) is 2.62. The van der Waals surface area contributed by atoms with Crippen LogP contribution < -0.4 is 16.0 Å². The lowest BCUT2D eigenvalue weighted by Gasteiger charge is -2.18. The maximum atomic E-state index is 6.02. The molecule has 2 rings (SSSR count). The molecule has 0 fully saturated rings. The molecule has 1 unspecified atom stereocenters. The Balaban J connectivity index is 2.51. The van der Waals surface area contributed by atoms with E-state index >= 15 is 0 Å². The van der Waals surface area contributed by atoms with Crippen molar-refractivity contribution in [1.29, 1.82) is 0 Å². The molecule has 1 aromatic heterocycles. The zero-order valence-corrected chi connectivity index (χ0v) is 11.5. The monoisotopic (exact) mass is 284 g/mol. The second-order valence-corrected chi connectivity index (χ2v) is 4.93. The Hall–Kier alpha value is -1.21. The van der Waals surface area contributed by atoms with E-state index in [1.807, 2.05) is 19.1 Å². The average molecular weight is 285 g/mol. The van der Waals surface area contributed by atoms with Gasteiger partial charge in [-0.25, -0.2) is 5.43 Å². The summed E-state index contributed by atoms with van der Waals surface area (Å²) in [6.45, 7) is 1.89. The molecule has 1 aromatic carbocycles. The van der Waals surface area contributed by atoms with Gasteiger partial charge in [-0.3, -0.25) is 5.84 Å². The topological polar surface area (TPSA) is 73.1 Å². The SMILES string of the molecule is COc1ccc(Cl)cc1C(NN)c1snnc1C. The summed E-state index contributed by atoms with van der Waals surface area (Å²) in [6.07, 6.45) is 0. The van der Waals surface area contributed by atoms with Gasteiger partial charge in [0.25, 0.3) is 0 Å². The van der Waals surface area contributed by atoms with Gasteiger partial charge in [0.1, 0.15) is 5.75 Å². The Kier molecular flexibility index (Phi) is 4.13. The summed E-state index contributed by atoms with van der Waals surface area (Å²) in [5.41, 5.74) is 4.46. The number of ether oxygens (including phenoxy) is 1. The molecule has 0 aliphatic heterocycles. The number of halogens is 1. The summed E-state index contributed by atoms with van der Waals surface area (Å²) in [5, 5.41) is 4.61. The number of aryl methyl sites for hydroxylation is 1. The normalized spacial score (nSPS) is 12.4. The second kappa shape index (κ2) is 5.62. The fraction of sp³-hybridized carbons (Fsp3) is 0.273. The Morgan fingerprint density at radius 3 is 2.83 bits per heavy atom. The summed E-state index contributed by atoms with van der Waals surface area (Å²) in [7, 11) is 1.61. The van der Waals surface area contributed by atoms with Gasteiger partial charge in [-0.2, -0.15) is 0 Å². The first kappa shape index (κ1) is 13.2. The van der Waals surface area contributed by atoms with Gasteiger partial charge in [0.05, 0.1) is 23.7 Å². The molecule has 0 amide bonds. The third-order valence-corrected chi connectivity index (χ3v) is 3.74. The minimum absolute atomic E-state index is 0.237. The zero-order chi connectivity index (χ0) is 13.1. The number of rotatable bonds is 4. The number of methoxy groups -OCH3 is 1. The third kappa shape index (κ3) is 2.46. The number of nitrogens with zero attached hydrogens (tertiary/aromatic N) is 2. The number of benzene rings is 1. The quantitative estimate of drug-likeness (QED) is 0.664. The van der Waals surface area contributed by atoms with Crippen LogP contribution in [0.2, 0.25) is 5.02 Å². The van der Waals surface area contributed by atoms with E-state index in [-0.39, 0.29) is 6.04 Å². The van der Waals surface area contributed by atoms with Crippen molar-refractivity contribution in [3.8, 4) is 5.75 Å². The Morgan fingerprint density at radius 2 is 2.28 bits per heavy atom. The Labute approximate surface area is 114 Å². The molecule has 0 radical (unpaired) electrons. The zero-order valence-electron chi connectivity index (χ0n) is 9.98. The van der Waals surface area contributed by atoms with Crippen molar-refractivity contribution in [2.24, 2.45) is 5.84 Å². The van der Waals surface area contributed by atoms with Gasteiger partial charge >= 0.3 is 0 Å². The van der Waals surface area contributed by atoms with Gasteiger partial charge in [0.15, 0.2) is 0 Å². The van der Waals surface area contributed by atoms with Crippen LogP contribution >= 0.6 is 23.1 Å². The fourth-order valence-corrected chi connectivity index (χ4v) is 2.65. The van der Waals surface area contributed by atoms with Crippen LogP contribution in [0, 0.1) is 6.92 Å². The Morgan fingerprint density at radius 1 is 1.50 bits per heavy atom. The lowest BCUT2D eigenvalue weighted by atomic mass is 10.0. The van der Waals surface area contributed by atoms with E-state index in [0.717, 1.165) is 21.9 Å². The second-order valence-electron chi connectivity index (χ2n) is 3.71. The molecular formula is C11H13ClN4OS. The van der Waals surface area contributed by atoms with Crippen molar-refractivity contribution in [3.63, 3.8) is 0 Å². The number of nitrogens with two attached hydrogens (primary N) is 1. The van der Waals surface area contributed by atoms with Crippen LogP contribution in [0.3, 0.4) is 0 Å². The van der Waals surface area contributed by atoms with Crippen LogP contribution in [0.1, 0.15) is 22.2 Å². The van der Waals surface area contributed by atoms with Crippen LogP contribution in [0.4, 0.5) is 0 Å². The highest BCUT2D eigenvalue weighted by Gasteiger charge is 2.21. The van der Waals surface area contributed by atoms with Crippen LogP contribution in [-0.4, -0.2) is 16.7 Å². The largest absolute Gasteiger partial charge is 0.496 e. The first-order valence-corrected chi connectivity index (χ1v) is 6.41. The summed E-state index contributed by atoms with van der Waals surface area (Å²) < 4.78 is 9.25. The molecule has 7 heteroatoms. The van der Waals surface area contributed by atoms with Crippen molar-refractivity contribution in [2.75, 3.05) is 7.11 Å². The summed E-state index contributed by atoms with van der Waals surface area (Å²) in [6, 6.07) is 5.17. The fourth-order valence-electron chi connectivity index (χ4n) is 1.74. The van der Waals surface area contributed by atoms with Crippen molar-refractivity contribution < 1.29 is 4.74 Å². The van der Waals surface area contributed by atoms with Crippen molar-refractivity contribution in [3.05, 3.63) is 39.4 Å². The molecule has 0 aliphatic carbocycles. The van der Waals surface area contributed by atoms with Crippen molar-refractivity contribution in [1.82, 2.24) is 15.0 Å². The van der Waals surface area contributed by atoms with E-state index in [2.05, 4.69) is 15.0 Å². The number of aromatic nitrogens is 2. The molecule has 2 aromatic rings. The van der Waals surface area contributed by atoms with Crippen molar-refractivity contribution >= 4 is 23.1 Å². The van der Waals surface area contributed by atoms with Crippen LogP contribution in [-0.2, 0) is 0 Å². The molecule has 18 heavy (non-hydrogen) atoms. The van der Waals surface area contributed by atoms with Crippen LogP contribution in [0.15, 0.2) is 18.2 Å². The van der Waals surface area contributed by atoms with E-state index in [1.165, 1.54) is 11.5 Å². The first-order valence-electron chi connectivity index (χ1n) is 5.25. The highest BCUT2D eigenvalue weighted by molar-refractivity contribution is 7.05. The maximum Gasteiger partial charge on any atom is 0.124 e. The first-order chi connectivity index (χ1) is 8.67. The van der Waals surface area contributed by atoms with Gasteiger partial charge in [-0.15, -0.1) is 5.10 Å². The number of hydrogen-bond donors (Lipinski definition) is 2. The molecule has 5 nitrogen and oxygen atoms in total. The predicted octanol–water partition coefficient (Wildman–Crippen LogP) is 2.06. The van der Waals surface area contributed by atoms with Gasteiger partial charge in [0.2, 0.25) is 0 Å². The Bertz CT molecular complexity index is 546. The summed E-state index contributed by atoms with van der Waals surface area (Å²) >= 11 is 7.32. The van der Waals surface area contributed by atoms with Gasteiger partial charge in [0, 0.05) is 10.6 Å². The van der Waals surface area contributed by atoms with E-state index in [1.54, 1.807) is 13.2 Å². The lowest BCUT2D eigenvalue weighted by Crippen LogP contribution is -2.29. The molecule has 1 heterocycles. The van der Waals surface area contributed by atoms with Gasteiger partial charge in [-0.05, 0) is 36.7 Å². The van der Waals surface area contributed by atoms with E-state index in [9.17, 15) is 0 Å². The number of nitrogens with one attached hydrogen (secondary N) is 1. The van der Waals surface area contributed by atoms with Gasteiger partial charge < -0.3 is 4.74 Å². The molecule has 1 atom stereocenters. The van der Waals surface area contributed by atoms with E-state index in [0.29, 0.717) is 5.02 Å². The summed E-state index contributed by atoms with van der Waals surface area (Å²) in [5.74, 6) is 6.36. The lowest BCUT2D eigenvalue weighted by molar-refractivity contribution is 0.404. The van der Waals surface area contributed by atoms with Crippen molar-refractivity contribution in [2.45, 2.75) is 13.0 Å². The standard InChI is InChI=1S/C11H13ClN4OS/c1-6-11(18-16-15-6)10(14-13)8-5-7(12)3-4-9(8)17-2/h3-5,10,14H,13H2,1-2H3. The predicted molar refractivity (Wildman–Crippen MR) is 71.8 cm³/mol. The average Bonchev–Trinajstić information content (AvgIpc) is 2.77. The molecule has 0 bridgehead atoms. The van der Waals surface area contributed by atoms with Crippen LogP contribution in [0.5, 0.6) is 5.75 Å². The van der Waals surface area contributed by atoms with Crippen LogP contribution in [0.25, 0.3) is 0 Å². The molecule has 3 N–H and O–H groups in total. The smallest absolute Gasteiger partial charge is 0.124 e. The van der Waals surface area contributed by atoms with Gasteiger partial charge in [-0.1, -0.05) is 16.1 Å².